The molecule has 0 saturated carbocycles. The van der Waals surface area contributed by atoms with Gasteiger partial charge in [-0.05, 0) is 62.1 Å². The molecule has 0 aliphatic carbocycles. The van der Waals surface area contributed by atoms with E-state index in [1.807, 2.05) is 57.2 Å². The Morgan fingerprint density at radius 2 is 1.74 bits per heavy atom. The molecule has 0 unspecified atom stereocenters. The molecule has 0 amide bonds. The highest BCUT2D eigenvalue weighted by Crippen LogP contribution is 2.28. The number of carbonyl (C=O) groups is 1. The summed E-state index contributed by atoms with van der Waals surface area (Å²) in [7, 11) is 1.68. The predicted molar refractivity (Wildman–Crippen MR) is 141 cm³/mol. The highest BCUT2D eigenvalue weighted by molar-refractivity contribution is 5.97. The third-order valence-corrected chi connectivity index (χ3v) is 5.94. The summed E-state index contributed by atoms with van der Waals surface area (Å²) in [5.74, 6) is 1.60. The Morgan fingerprint density at radius 3 is 2.43 bits per heavy atom. The summed E-state index contributed by atoms with van der Waals surface area (Å²) >= 11 is 0. The Bertz CT molecular complexity index is 1310. The number of hydrogen-bond acceptors (Lipinski definition) is 4. The molecule has 0 saturated heterocycles. The van der Waals surface area contributed by atoms with E-state index in [4.69, 9.17) is 14.5 Å². The van der Waals surface area contributed by atoms with E-state index in [1.54, 1.807) is 7.11 Å². The molecule has 0 atom stereocenters. The van der Waals surface area contributed by atoms with Gasteiger partial charge in [0.05, 0.1) is 23.7 Å². The molecule has 0 N–H and O–H groups in total. The molecule has 0 spiro atoms. The molecule has 0 aliphatic rings. The first-order valence-electron chi connectivity index (χ1n) is 12.2. The van der Waals surface area contributed by atoms with Gasteiger partial charge in [-0.2, -0.15) is 0 Å². The van der Waals surface area contributed by atoms with Crippen molar-refractivity contribution >= 4 is 17.0 Å². The van der Waals surface area contributed by atoms with Crippen molar-refractivity contribution in [1.29, 1.82) is 0 Å². The fourth-order valence-corrected chi connectivity index (χ4v) is 4.21. The quantitative estimate of drug-likeness (QED) is 0.259. The van der Waals surface area contributed by atoms with Gasteiger partial charge in [0, 0.05) is 19.0 Å². The molecule has 0 bridgehead atoms. The van der Waals surface area contributed by atoms with Crippen LogP contribution in [0.25, 0.3) is 22.2 Å². The first kappa shape index (κ1) is 24.5. The van der Waals surface area contributed by atoms with E-state index in [0.29, 0.717) is 5.56 Å². The Morgan fingerprint density at radius 1 is 1.00 bits per heavy atom. The predicted octanol–water partition coefficient (Wildman–Crippen LogP) is 7.06. The minimum atomic E-state index is -0.541. The van der Waals surface area contributed by atoms with Crippen LogP contribution in [-0.2, 0) is 17.7 Å². The number of methoxy groups -OCH3 is 1. The van der Waals surface area contributed by atoms with Gasteiger partial charge in [0.2, 0.25) is 0 Å². The summed E-state index contributed by atoms with van der Waals surface area (Å²) in [6, 6.07) is 22.1. The number of aromatic nitrogens is 2. The lowest BCUT2D eigenvalue weighted by molar-refractivity contribution is 0.00704. The van der Waals surface area contributed by atoms with E-state index in [1.165, 1.54) is 5.56 Å². The van der Waals surface area contributed by atoms with E-state index < -0.39 is 5.60 Å². The van der Waals surface area contributed by atoms with Gasteiger partial charge in [0.1, 0.15) is 17.2 Å². The maximum Gasteiger partial charge on any atom is 0.339 e. The maximum absolute atomic E-state index is 12.8. The number of hydrogen-bond donors (Lipinski definition) is 0. The third-order valence-electron chi connectivity index (χ3n) is 5.94. The van der Waals surface area contributed by atoms with E-state index in [-0.39, 0.29) is 5.97 Å². The van der Waals surface area contributed by atoms with Crippen LogP contribution in [0.2, 0.25) is 0 Å². The standard InChI is InChI=1S/C30H34N2O3/c1-6-7-12-28-31-26-19-23(34-5)17-18-27(26)32(28)20-21-13-15-22(16-14-21)24-10-8-9-11-25(24)29(33)35-30(2,3)4/h8-11,13-19H,6-7,12,20H2,1-5H3. The zero-order chi connectivity index (χ0) is 25.0. The molecule has 0 aliphatic heterocycles. The molecule has 182 valence electrons. The second-order valence-corrected chi connectivity index (χ2v) is 9.82. The average Bonchev–Trinajstić information content (AvgIpc) is 3.18. The van der Waals surface area contributed by atoms with Crippen LogP contribution < -0.4 is 4.74 Å². The number of ether oxygens (including phenoxy) is 2. The summed E-state index contributed by atoms with van der Waals surface area (Å²) in [5.41, 5.74) is 5.14. The fourth-order valence-electron chi connectivity index (χ4n) is 4.21. The fraction of sp³-hybridized carbons (Fsp3) is 0.333. The lowest BCUT2D eigenvalue weighted by Crippen LogP contribution is -2.24. The first-order chi connectivity index (χ1) is 16.8. The van der Waals surface area contributed by atoms with Crippen molar-refractivity contribution in [2.24, 2.45) is 0 Å². The highest BCUT2D eigenvalue weighted by atomic mass is 16.6. The molecule has 1 aromatic heterocycles. The van der Waals surface area contributed by atoms with Gasteiger partial charge >= 0.3 is 5.97 Å². The minimum Gasteiger partial charge on any atom is -0.497 e. The molecule has 35 heavy (non-hydrogen) atoms. The third kappa shape index (κ3) is 5.73. The highest BCUT2D eigenvalue weighted by Gasteiger charge is 2.20. The summed E-state index contributed by atoms with van der Waals surface area (Å²) in [6.07, 6.45) is 3.16. The molecular weight excluding hydrogens is 436 g/mol. The van der Waals surface area contributed by atoms with Crippen molar-refractivity contribution < 1.29 is 14.3 Å². The van der Waals surface area contributed by atoms with Gasteiger partial charge in [-0.25, -0.2) is 9.78 Å². The maximum atomic E-state index is 12.8. The minimum absolute atomic E-state index is 0.307. The van der Waals surface area contributed by atoms with Gasteiger partial charge in [-0.15, -0.1) is 0 Å². The monoisotopic (exact) mass is 470 g/mol. The van der Waals surface area contributed by atoms with E-state index in [9.17, 15) is 4.79 Å². The van der Waals surface area contributed by atoms with Crippen LogP contribution in [-0.4, -0.2) is 28.2 Å². The summed E-state index contributed by atoms with van der Waals surface area (Å²) in [4.78, 5) is 17.7. The Balaban J connectivity index is 1.63. The number of carbonyl (C=O) groups excluding carboxylic acids is 1. The van der Waals surface area contributed by atoms with Crippen LogP contribution in [0.15, 0.2) is 66.7 Å². The van der Waals surface area contributed by atoms with Crippen molar-refractivity contribution in [3.05, 3.63) is 83.7 Å². The van der Waals surface area contributed by atoms with Crippen molar-refractivity contribution in [2.75, 3.05) is 7.11 Å². The van der Waals surface area contributed by atoms with E-state index in [0.717, 1.165) is 59.5 Å². The second kappa shape index (κ2) is 10.3. The summed E-state index contributed by atoms with van der Waals surface area (Å²) in [6.45, 7) is 8.58. The molecular formula is C30H34N2O3. The zero-order valence-corrected chi connectivity index (χ0v) is 21.3. The van der Waals surface area contributed by atoms with E-state index >= 15 is 0 Å². The zero-order valence-electron chi connectivity index (χ0n) is 21.3. The van der Waals surface area contributed by atoms with E-state index in [2.05, 4.69) is 41.8 Å². The van der Waals surface area contributed by atoms with Crippen molar-refractivity contribution in [1.82, 2.24) is 9.55 Å². The molecule has 1 heterocycles. The number of benzene rings is 3. The first-order valence-corrected chi connectivity index (χ1v) is 12.2. The number of aryl methyl sites for hydroxylation is 1. The molecule has 0 fully saturated rings. The van der Waals surface area contributed by atoms with Crippen LogP contribution in [0, 0.1) is 0 Å². The Labute approximate surface area is 207 Å². The number of unbranched alkanes of at least 4 members (excludes halogenated alkanes) is 1. The number of rotatable bonds is 8. The van der Waals surface area contributed by atoms with Gasteiger partial charge in [-0.3, -0.25) is 0 Å². The molecule has 0 radical (unpaired) electrons. The SMILES string of the molecule is CCCCc1nc2cc(OC)ccc2n1Cc1ccc(-c2ccccc2C(=O)OC(C)(C)C)cc1. The lowest BCUT2D eigenvalue weighted by Gasteiger charge is -2.20. The summed E-state index contributed by atoms with van der Waals surface area (Å²) in [5, 5.41) is 0. The van der Waals surface area contributed by atoms with Gasteiger partial charge in [-0.1, -0.05) is 55.8 Å². The second-order valence-electron chi connectivity index (χ2n) is 9.82. The van der Waals surface area contributed by atoms with Crippen LogP contribution in [0.1, 0.15) is 62.3 Å². The number of fused-ring (bicyclic) bond motifs is 1. The Kier molecular flexibility index (Phi) is 7.25. The number of esters is 1. The molecule has 5 nitrogen and oxygen atoms in total. The molecule has 3 aromatic carbocycles. The van der Waals surface area contributed by atoms with Gasteiger partial charge in [0.15, 0.2) is 0 Å². The molecule has 5 heteroatoms. The lowest BCUT2D eigenvalue weighted by atomic mass is 9.98. The van der Waals surface area contributed by atoms with Crippen molar-refractivity contribution in [3.63, 3.8) is 0 Å². The van der Waals surface area contributed by atoms with Crippen molar-refractivity contribution in [3.8, 4) is 16.9 Å². The van der Waals surface area contributed by atoms with Crippen LogP contribution in [0.5, 0.6) is 5.75 Å². The topological polar surface area (TPSA) is 53.4 Å². The molecule has 4 rings (SSSR count). The largest absolute Gasteiger partial charge is 0.497 e. The average molecular weight is 471 g/mol. The van der Waals surface area contributed by atoms with Gasteiger partial charge in [0.25, 0.3) is 0 Å². The number of imidazole rings is 1. The Hall–Kier alpha value is -3.60. The smallest absolute Gasteiger partial charge is 0.339 e. The summed E-state index contributed by atoms with van der Waals surface area (Å²) < 4.78 is 13.3. The molecule has 4 aromatic rings. The van der Waals surface area contributed by atoms with Gasteiger partial charge < -0.3 is 14.0 Å². The number of nitrogens with zero attached hydrogens (tertiary/aromatic N) is 2. The van der Waals surface area contributed by atoms with Crippen molar-refractivity contribution in [2.45, 2.75) is 59.1 Å². The normalized spacial score (nSPS) is 11.6. The van der Waals surface area contributed by atoms with Crippen LogP contribution in [0.3, 0.4) is 0 Å². The van der Waals surface area contributed by atoms with Crippen LogP contribution in [0.4, 0.5) is 0 Å². The van der Waals surface area contributed by atoms with Crippen LogP contribution >= 0.6 is 0 Å².